The maximum Gasteiger partial charge on any atom is 0.247 e. The monoisotopic (exact) mass is 296 g/mol. The molecule has 0 fully saturated rings. The van der Waals surface area contributed by atoms with E-state index < -0.39 is 0 Å². The van der Waals surface area contributed by atoms with Crippen LogP contribution in [0.15, 0.2) is 53.2 Å². The quantitative estimate of drug-likeness (QED) is 0.753. The lowest BCUT2D eigenvalue weighted by atomic mass is 10.2. The van der Waals surface area contributed by atoms with E-state index in [2.05, 4.69) is 20.5 Å². The summed E-state index contributed by atoms with van der Waals surface area (Å²) in [5, 5.41) is 11.4. The Hall–Kier alpha value is -2.73. The van der Waals surface area contributed by atoms with Crippen molar-refractivity contribution in [2.45, 2.75) is 13.1 Å². The van der Waals surface area contributed by atoms with Gasteiger partial charge in [0.05, 0.1) is 13.7 Å². The minimum Gasteiger partial charge on any atom is -0.497 e. The predicted octanol–water partition coefficient (Wildman–Crippen LogP) is 2.43. The van der Waals surface area contributed by atoms with E-state index in [0.717, 1.165) is 23.4 Å². The van der Waals surface area contributed by atoms with Crippen molar-refractivity contribution >= 4 is 0 Å². The van der Waals surface area contributed by atoms with Crippen LogP contribution in [0.4, 0.5) is 0 Å². The molecule has 112 valence electrons. The van der Waals surface area contributed by atoms with Crippen LogP contribution in [0.5, 0.6) is 5.75 Å². The molecule has 0 aliphatic heterocycles. The lowest BCUT2D eigenvalue weighted by Crippen LogP contribution is -2.12. The highest BCUT2D eigenvalue weighted by Gasteiger charge is 2.08. The van der Waals surface area contributed by atoms with E-state index >= 15 is 0 Å². The van der Waals surface area contributed by atoms with Crippen LogP contribution in [0.2, 0.25) is 0 Å². The number of methoxy groups -OCH3 is 1. The largest absolute Gasteiger partial charge is 0.497 e. The molecule has 0 unspecified atom stereocenters. The molecule has 1 aromatic carbocycles. The van der Waals surface area contributed by atoms with Crippen molar-refractivity contribution in [1.29, 1.82) is 0 Å². The molecule has 6 nitrogen and oxygen atoms in total. The van der Waals surface area contributed by atoms with Crippen LogP contribution in [-0.2, 0) is 13.1 Å². The standard InChI is InChI=1S/C16H16N4O2/c1-21-14-4-2-13(3-5-14)16-20-19-15(22-16)11-18-10-12-6-8-17-9-7-12/h2-9,18H,10-11H2,1H3. The van der Waals surface area contributed by atoms with Crippen molar-refractivity contribution in [1.82, 2.24) is 20.5 Å². The summed E-state index contributed by atoms with van der Waals surface area (Å²) < 4.78 is 10.8. The van der Waals surface area contributed by atoms with E-state index in [0.29, 0.717) is 18.3 Å². The fourth-order valence-electron chi connectivity index (χ4n) is 1.99. The zero-order valence-corrected chi connectivity index (χ0v) is 12.2. The second-order valence-electron chi connectivity index (χ2n) is 4.69. The Morgan fingerprint density at radius 2 is 1.77 bits per heavy atom. The van der Waals surface area contributed by atoms with Crippen molar-refractivity contribution < 1.29 is 9.15 Å². The van der Waals surface area contributed by atoms with Crippen molar-refractivity contribution in [3.63, 3.8) is 0 Å². The van der Waals surface area contributed by atoms with Gasteiger partial charge in [0.1, 0.15) is 5.75 Å². The summed E-state index contributed by atoms with van der Waals surface area (Å²) in [7, 11) is 1.63. The fourth-order valence-corrected chi connectivity index (χ4v) is 1.99. The molecule has 0 bridgehead atoms. The second kappa shape index (κ2) is 6.82. The Morgan fingerprint density at radius 1 is 1.00 bits per heavy atom. The van der Waals surface area contributed by atoms with Gasteiger partial charge in [0.2, 0.25) is 11.8 Å². The Labute approximate surface area is 128 Å². The Balaban J connectivity index is 1.58. The first-order valence-corrected chi connectivity index (χ1v) is 6.91. The van der Waals surface area contributed by atoms with Crippen LogP contribution in [0.25, 0.3) is 11.5 Å². The highest BCUT2D eigenvalue weighted by Crippen LogP contribution is 2.21. The molecule has 0 atom stereocenters. The number of ether oxygens (including phenoxy) is 1. The average Bonchev–Trinajstić information content (AvgIpc) is 3.05. The van der Waals surface area contributed by atoms with Crippen LogP contribution in [0.1, 0.15) is 11.5 Å². The SMILES string of the molecule is COc1ccc(-c2nnc(CNCc3ccncc3)o2)cc1. The van der Waals surface area contributed by atoms with E-state index in [9.17, 15) is 0 Å². The molecule has 3 aromatic rings. The van der Waals surface area contributed by atoms with Gasteiger partial charge in [0.15, 0.2) is 0 Å². The Bertz CT molecular complexity index is 711. The van der Waals surface area contributed by atoms with E-state index in [1.807, 2.05) is 36.4 Å². The third-order valence-corrected chi connectivity index (χ3v) is 3.16. The minimum absolute atomic E-state index is 0.503. The van der Waals surface area contributed by atoms with Gasteiger partial charge >= 0.3 is 0 Å². The normalized spacial score (nSPS) is 10.6. The van der Waals surface area contributed by atoms with Gasteiger partial charge in [-0.05, 0) is 42.0 Å². The lowest BCUT2D eigenvalue weighted by Gasteiger charge is -2.01. The van der Waals surface area contributed by atoms with Crippen LogP contribution in [0, 0.1) is 0 Å². The molecule has 0 radical (unpaired) electrons. The summed E-state index contributed by atoms with van der Waals surface area (Å²) in [6.07, 6.45) is 3.54. The predicted molar refractivity (Wildman–Crippen MR) is 81.1 cm³/mol. The number of pyridine rings is 1. The number of hydrogen-bond acceptors (Lipinski definition) is 6. The smallest absolute Gasteiger partial charge is 0.247 e. The summed E-state index contributed by atoms with van der Waals surface area (Å²) in [5.41, 5.74) is 2.03. The van der Waals surface area contributed by atoms with Gasteiger partial charge in [0, 0.05) is 24.5 Å². The van der Waals surface area contributed by atoms with Crippen LogP contribution in [-0.4, -0.2) is 22.3 Å². The Morgan fingerprint density at radius 3 is 2.50 bits per heavy atom. The second-order valence-corrected chi connectivity index (χ2v) is 4.69. The summed E-state index contributed by atoms with van der Waals surface area (Å²) in [6.45, 7) is 1.24. The molecule has 2 heterocycles. The number of benzene rings is 1. The molecule has 0 amide bonds. The van der Waals surface area contributed by atoms with E-state index in [1.165, 1.54) is 0 Å². The topological polar surface area (TPSA) is 73.1 Å². The molecule has 0 spiro atoms. The number of nitrogens with zero attached hydrogens (tertiary/aromatic N) is 3. The first kappa shape index (κ1) is 14.2. The van der Waals surface area contributed by atoms with E-state index in [1.54, 1.807) is 19.5 Å². The van der Waals surface area contributed by atoms with Crippen molar-refractivity contribution in [2.24, 2.45) is 0 Å². The fraction of sp³-hybridized carbons (Fsp3) is 0.188. The molecular weight excluding hydrogens is 280 g/mol. The third-order valence-electron chi connectivity index (χ3n) is 3.16. The molecule has 0 aliphatic rings. The van der Waals surface area contributed by atoms with Gasteiger partial charge in [-0.15, -0.1) is 10.2 Å². The minimum atomic E-state index is 0.503. The van der Waals surface area contributed by atoms with Gasteiger partial charge in [-0.3, -0.25) is 4.98 Å². The molecule has 1 N–H and O–H groups in total. The van der Waals surface area contributed by atoms with Crippen molar-refractivity contribution in [3.05, 3.63) is 60.2 Å². The van der Waals surface area contributed by atoms with Gasteiger partial charge < -0.3 is 14.5 Å². The van der Waals surface area contributed by atoms with Gasteiger partial charge in [-0.1, -0.05) is 0 Å². The van der Waals surface area contributed by atoms with Crippen LogP contribution < -0.4 is 10.1 Å². The van der Waals surface area contributed by atoms with Crippen molar-refractivity contribution in [2.75, 3.05) is 7.11 Å². The average molecular weight is 296 g/mol. The van der Waals surface area contributed by atoms with Crippen LogP contribution >= 0.6 is 0 Å². The lowest BCUT2D eigenvalue weighted by molar-refractivity contribution is 0.415. The summed E-state index contributed by atoms with van der Waals surface area (Å²) in [4.78, 5) is 3.98. The Kier molecular flexibility index (Phi) is 4.41. The molecule has 22 heavy (non-hydrogen) atoms. The highest BCUT2D eigenvalue weighted by molar-refractivity contribution is 5.53. The summed E-state index contributed by atoms with van der Waals surface area (Å²) in [6, 6.07) is 11.4. The molecule has 6 heteroatoms. The molecule has 3 rings (SSSR count). The third kappa shape index (κ3) is 3.48. The summed E-state index contributed by atoms with van der Waals surface area (Å²) in [5.74, 6) is 1.85. The number of rotatable bonds is 6. The molecular formula is C16H16N4O2. The summed E-state index contributed by atoms with van der Waals surface area (Å²) >= 11 is 0. The molecule has 2 aromatic heterocycles. The number of nitrogens with one attached hydrogen (secondary N) is 1. The van der Waals surface area contributed by atoms with Gasteiger partial charge in [-0.25, -0.2) is 0 Å². The molecule has 0 saturated carbocycles. The maximum absolute atomic E-state index is 5.64. The highest BCUT2D eigenvalue weighted by atomic mass is 16.5. The first-order valence-electron chi connectivity index (χ1n) is 6.91. The zero-order valence-electron chi connectivity index (χ0n) is 12.2. The van der Waals surface area contributed by atoms with Crippen molar-refractivity contribution in [3.8, 4) is 17.2 Å². The number of hydrogen-bond donors (Lipinski definition) is 1. The van der Waals surface area contributed by atoms with E-state index in [4.69, 9.17) is 9.15 Å². The van der Waals surface area contributed by atoms with Crippen LogP contribution in [0.3, 0.4) is 0 Å². The number of aromatic nitrogens is 3. The molecule has 0 aliphatic carbocycles. The maximum atomic E-state index is 5.64. The molecule has 0 saturated heterocycles. The van der Waals surface area contributed by atoms with Gasteiger partial charge in [0.25, 0.3) is 0 Å². The van der Waals surface area contributed by atoms with Gasteiger partial charge in [-0.2, -0.15) is 0 Å². The first-order chi connectivity index (χ1) is 10.8. The van der Waals surface area contributed by atoms with E-state index in [-0.39, 0.29) is 0 Å². The zero-order chi connectivity index (χ0) is 15.2.